The zero-order valence-corrected chi connectivity index (χ0v) is 21.9. The van der Waals surface area contributed by atoms with Crippen LogP contribution in [0.25, 0.3) is 0 Å². The van der Waals surface area contributed by atoms with Gasteiger partial charge in [0.15, 0.2) is 0 Å². The Balaban J connectivity index is 1.68. The molecule has 2 aromatic carbocycles. The number of hydrogen-bond donors (Lipinski definition) is 3. The summed E-state index contributed by atoms with van der Waals surface area (Å²) >= 11 is 6.33. The molecule has 0 aromatic heterocycles. The fourth-order valence-electron chi connectivity index (χ4n) is 4.89. The molecule has 1 heterocycles. The maximum absolute atomic E-state index is 14.4. The van der Waals surface area contributed by atoms with Crippen molar-refractivity contribution in [3.63, 3.8) is 0 Å². The SMILES string of the molecule is N#Cc1cc(F)cc(N2C[C@H](NC(=O)C(CCC(F)(F)F)C(CC3CC3)C(N)=O)C(=O)Nc3c(Cl)cccc32)c1. The lowest BCUT2D eigenvalue weighted by Crippen LogP contribution is -2.52. The molecule has 40 heavy (non-hydrogen) atoms. The average Bonchev–Trinajstić information content (AvgIpc) is 3.71. The molecule has 1 aliphatic carbocycles. The molecular formula is C27H26ClF4N5O3. The number of primary amides is 1. The third-order valence-corrected chi connectivity index (χ3v) is 7.38. The van der Waals surface area contributed by atoms with E-state index in [0.717, 1.165) is 25.0 Å². The lowest BCUT2D eigenvalue weighted by atomic mass is 9.83. The molecule has 0 radical (unpaired) electrons. The van der Waals surface area contributed by atoms with Gasteiger partial charge in [0, 0.05) is 23.9 Å². The summed E-state index contributed by atoms with van der Waals surface area (Å²) < 4.78 is 53.8. The number of halogens is 5. The Morgan fingerprint density at radius 1 is 1.23 bits per heavy atom. The van der Waals surface area contributed by atoms with Crippen molar-refractivity contribution in [2.24, 2.45) is 23.5 Å². The molecule has 212 valence electrons. The summed E-state index contributed by atoms with van der Waals surface area (Å²) in [5.41, 5.74) is 6.20. The first kappa shape index (κ1) is 29.1. The lowest BCUT2D eigenvalue weighted by molar-refractivity contribution is -0.146. The second kappa shape index (κ2) is 11.7. The van der Waals surface area contributed by atoms with Gasteiger partial charge in [0.05, 0.1) is 34.6 Å². The second-order valence-electron chi connectivity index (χ2n) is 10.1. The number of nitriles is 1. The summed E-state index contributed by atoms with van der Waals surface area (Å²) in [6, 6.07) is 8.73. The fourth-order valence-corrected chi connectivity index (χ4v) is 5.11. The van der Waals surface area contributed by atoms with Gasteiger partial charge in [-0.25, -0.2) is 4.39 Å². The Bertz CT molecular complexity index is 1360. The van der Waals surface area contributed by atoms with Gasteiger partial charge >= 0.3 is 6.18 Å². The Labute approximate surface area is 232 Å². The topological polar surface area (TPSA) is 128 Å². The molecule has 1 saturated carbocycles. The predicted octanol–water partition coefficient (Wildman–Crippen LogP) is 4.79. The van der Waals surface area contributed by atoms with Crippen LogP contribution in [0.15, 0.2) is 36.4 Å². The maximum Gasteiger partial charge on any atom is 0.389 e. The van der Waals surface area contributed by atoms with E-state index < -0.39 is 60.4 Å². The number of carbonyl (C=O) groups excluding carboxylic acids is 3. The number of rotatable bonds is 9. The number of hydrogen-bond acceptors (Lipinski definition) is 5. The minimum absolute atomic E-state index is 0.000660. The van der Waals surface area contributed by atoms with Crippen molar-refractivity contribution in [3.05, 3.63) is 52.8 Å². The van der Waals surface area contributed by atoms with E-state index in [1.807, 2.05) is 6.07 Å². The highest BCUT2D eigenvalue weighted by atomic mass is 35.5. The molecule has 2 aromatic rings. The van der Waals surface area contributed by atoms with Gasteiger partial charge in [-0.2, -0.15) is 18.4 Å². The van der Waals surface area contributed by atoms with Gasteiger partial charge in [-0.05, 0) is 49.1 Å². The number of fused-ring (bicyclic) bond motifs is 1. The molecule has 0 saturated heterocycles. The minimum Gasteiger partial charge on any atom is -0.369 e. The van der Waals surface area contributed by atoms with Gasteiger partial charge in [-0.15, -0.1) is 0 Å². The summed E-state index contributed by atoms with van der Waals surface area (Å²) in [7, 11) is 0. The molecule has 0 bridgehead atoms. The number of nitrogens with two attached hydrogens (primary N) is 1. The molecule has 13 heteroatoms. The van der Waals surface area contributed by atoms with Crippen molar-refractivity contribution in [1.29, 1.82) is 5.26 Å². The fraction of sp³-hybridized carbons (Fsp3) is 0.407. The highest BCUT2D eigenvalue weighted by molar-refractivity contribution is 6.34. The van der Waals surface area contributed by atoms with Gasteiger partial charge in [0.25, 0.3) is 0 Å². The lowest BCUT2D eigenvalue weighted by Gasteiger charge is -2.29. The normalized spacial score (nSPS) is 18.6. The van der Waals surface area contributed by atoms with Crippen LogP contribution in [-0.4, -0.2) is 36.5 Å². The van der Waals surface area contributed by atoms with Crippen LogP contribution in [0.3, 0.4) is 0 Å². The molecule has 4 rings (SSSR count). The van der Waals surface area contributed by atoms with E-state index in [0.29, 0.717) is 5.69 Å². The first-order chi connectivity index (χ1) is 18.9. The highest BCUT2D eigenvalue weighted by Crippen LogP contribution is 2.41. The zero-order chi connectivity index (χ0) is 29.2. The Morgan fingerprint density at radius 2 is 1.95 bits per heavy atom. The largest absolute Gasteiger partial charge is 0.389 e. The summed E-state index contributed by atoms with van der Waals surface area (Å²) in [6.45, 7) is -0.283. The number of nitrogens with zero attached hydrogens (tertiary/aromatic N) is 2. The number of carbonyl (C=O) groups is 3. The third kappa shape index (κ3) is 7.01. The summed E-state index contributed by atoms with van der Waals surface area (Å²) in [5.74, 6) is -5.74. The quantitative estimate of drug-likeness (QED) is 0.368. The molecule has 3 atom stereocenters. The minimum atomic E-state index is -4.58. The van der Waals surface area contributed by atoms with Crippen LogP contribution in [0.5, 0.6) is 0 Å². The second-order valence-corrected chi connectivity index (χ2v) is 10.5. The van der Waals surface area contributed by atoms with E-state index in [9.17, 15) is 37.2 Å². The number of benzene rings is 2. The third-order valence-electron chi connectivity index (χ3n) is 7.06. The first-order valence-electron chi connectivity index (χ1n) is 12.6. The van der Waals surface area contributed by atoms with Crippen LogP contribution in [0.1, 0.15) is 37.7 Å². The number of amides is 3. The van der Waals surface area contributed by atoms with E-state index in [2.05, 4.69) is 10.6 Å². The molecule has 3 amide bonds. The monoisotopic (exact) mass is 579 g/mol. The van der Waals surface area contributed by atoms with Crippen molar-refractivity contribution < 1.29 is 31.9 Å². The van der Waals surface area contributed by atoms with Crippen molar-refractivity contribution in [2.75, 3.05) is 16.8 Å². The number of para-hydroxylation sites is 1. The molecule has 2 unspecified atom stereocenters. The summed E-state index contributed by atoms with van der Waals surface area (Å²) in [6.07, 6.45) is -4.83. The van der Waals surface area contributed by atoms with Crippen LogP contribution >= 0.6 is 11.6 Å². The molecule has 0 spiro atoms. The van der Waals surface area contributed by atoms with Gasteiger partial charge in [-0.3, -0.25) is 14.4 Å². The predicted molar refractivity (Wildman–Crippen MR) is 139 cm³/mol. The molecule has 4 N–H and O–H groups in total. The average molecular weight is 580 g/mol. The van der Waals surface area contributed by atoms with Crippen LogP contribution in [-0.2, 0) is 14.4 Å². The van der Waals surface area contributed by atoms with Crippen molar-refractivity contribution in [3.8, 4) is 6.07 Å². The summed E-state index contributed by atoms with van der Waals surface area (Å²) in [4.78, 5) is 40.4. The van der Waals surface area contributed by atoms with Gasteiger partial charge < -0.3 is 21.3 Å². The maximum atomic E-state index is 14.4. The Morgan fingerprint density at radius 3 is 2.58 bits per heavy atom. The van der Waals surface area contributed by atoms with Crippen LogP contribution < -0.4 is 21.3 Å². The van der Waals surface area contributed by atoms with Crippen molar-refractivity contribution in [2.45, 2.75) is 44.3 Å². The molecule has 1 fully saturated rings. The van der Waals surface area contributed by atoms with E-state index in [1.165, 1.54) is 17.0 Å². The van der Waals surface area contributed by atoms with E-state index in [1.54, 1.807) is 12.1 Å². The smallest absolute Gasteiger partial charge is 0.369 e. The van der Waals surface area contributed by atoms with Crippen molar-refractivity contribution in [1.82, 2.24) is 5.32 Å². The number of nitrogens with one attached hydrogen (secondary N) is 2. The van der Waals surface area contributed by atoms with Gasteiger partial charge in [-0.1, -0.05) is 30.5 Å². The number of anilines is 3. The highest BCUT2D eigenvalue weighted by Gasteiger charge is 2.41. The Hall–Kier alpha value is -3.85. The van der Waals surface area contributed by atoms with Crippen LogP contribution in [0.4, 0.5) is 34.6 Å². The molecule has 1 aliphatic heterocycles. The van der Waals surface area contributed by atoms with Gasteiger partial charge in [0.1, 0.15) is 11.9 Å². The van der Waals surface area contributed by atoms with Crippen molar-refractivity contribution >= 4 is 46.4 Å². The standard InChI is InChI=1S/C27H26ClF4N5O3/c28-20-2-1-3-22-23(20)36-26(40)21(13-37(22)17-9-15(12-33)8-16(29)11-17)35-25(39)18(6-7-27(30,31)32)19(24(34)38)10-14-4-5-14/h1-3,8-9,11,14,18-19,21H,4-7,10,13H2,(H2,34,38)(H,35,39)(H,36,40)/t18?,19?,21-/m0/s1. The van der Waals surface area contributed by atoms with Crippen LogP contribution in [0.2, 0.25) is 5.02 Å². The molecular weight excluding hydrogens is 554 g/mol. The number of alkyl halides is 3. The molecule has 2 aliphatic rings. The van der Waals surface area contributed by atoms with Gasteiger partial charge in [0.2, 0.25) is 17.7 Å². The van der Waals surface area contributed by atoms with E-state index >= 15 is 0 Å². The van der Waals surface area contributed by atoms with E-state index in [-0.39, 0.29) is 40.8 Å². The van der Waals surface area contributed by atoms with Crippen LogP contribution in [0, 0.1) is 34.9 Å². The first-order valence-corrected chi connectivity index (χ1v) is 13.0. The Kier molecular flexibility index (Phi) is 8.54. The molecule has 8 nitrogen and oxygen atoms in total. The summed E-state index contributed by atoms with van der Waals surface area (Å²) in [5, 5.41) is 14.6. The zero-order valence-electron chi connectivity index (χ0n) is 21.1. The van der Waals surface area contributed by atoms with E-state index in [4.69, 9.17) is 17.3 Å².